The molecular formula is C31H40F3N3O4. The molecule has 2 aromatic rings. The first kappa shape index (κ1) is 30.8. The summed E-state index contributed by atoms with van der Waals surface area (Å²) in [6.07, 6.45) is 3.16. The molecule has 1 saturated carbocycles. The molecule has 2 amide bonds. The van der Waals surface area contributed by atoms with Gasteiger partial charge in [0.05, 0.1) is 12.7 Å². The Balaban J connectivity index is 1.73. The lowest BCUT2D eigenvalue weighted by Crippen LogP contribution is -2.50. The van der Waals surface area contributed by atoms with Crippen molar-refractivity contribution in [3.05, 3.63) is 58.9 Å². The number of halogens is 3. The van der Waals surface area contributed by atoms with Gasteiger partial charge in [0.2, 0.25) is 5.91 Å². The van der Waals surface area contributed by atoms with E-state index in [1.807, 2.05) is 7.05 Å². The Morgan fingerprint density at radius 1 is 1.12 bits per heavy atom. The van der Waals surface area contributed by atoms with Crippen LogP contribution in [0.3, 0.4) is 0 Å². The van der Waals surface area contributed by atoms with E-state index in [0.717, 1.165) is 25.3 Å². The Bertz CT molecular complexity index is 1260. The number of carbonyl (C=O) groups excluding carboxylic acids is 2. The molecule has 4 unspecified atom stereocenters. The van der Waals surface area contributed by atoms with Crippen LogP contribution in [0.4, 0.5) is 18.0 Å². The summed E-state index contributed by atoms with van der Waals surface area (Å²) in [7, 11) is 3.12. The maximum atomic E-state index is 15.6. The highest BCUT2D eigenvalue weighted by Crippen LogP contribution is 2.45. The fraction of sp³-hybridized carbons (Fsp3) is 0.548. The Morgan fingerprint density at radius 2 is 1.90 bits per heavy atom. The molecule has 10 heteroatoms. The van der Waals surface area contributed by atoms with Gasteiger partial charge in [0.15, 0.2) is 0 Å². The molecule has 4 rings (SSSR count). The lowest BCUT2D eigenvalue weighted by Gasteiger charge is -2.44. The molecule has 1 saturated heterocycles. The number of hydrogen-bond donors (Lipinski definition) is 3. The van der Waals surface area contributed by atoms with Crippen molar-refractivity contribution in [2.45, 2.75) is 63.5 Å². The highest BCUT2D eigenvalue weighted by molar-refractivity contribution is 5.79. The molecular weight excluding hydrogens is 535 g/mol. The van der Waals surface area contributed by atoms with Crippen molar-refractivity contribution in [2.75, 3.05) is 33.8 Å². The number of carbonyl (C=O) groups is 2. The number of alkyl carbamates (subject to hydrolysis) is 1. The third-order valence-corrected chi connectivity index (χ3v) is 8.70. The minimum absolute atomic E-state index is 0.0122. The van der Waals surface area contributed by atoms with Crippen LogP contribution >= 0.6 is 0 Å². The van der Waals surface area contributed by atoms with Crippen LogP contribution in [0.25, 0.3) is 11.1 Å². The normalized spacial score (nSPS) is 22.3. The minimum atomic E-state index is -1.83. The Kier molecular flexibility index (Phi) is 9.96. The molecule has 1 aliphatic heterocycles. The van der Waals surface area contributed by atoms with E-state index in [4.69, 9.17) is 0 Å². The number of hydrogen-bond acceptors (Lipinski definition) is 5. The van der Waals surface area contributed by atoms with Crippen LogP contribution in [0.1, 0.15) is 56.1 Å². The van der Waals surface area contributed by atoms with Gasteiger partial charge in [-0.25, -0.2) is 18.0 Å². The van der Waals surface area contributed by atoms with Crippen molar-refractivity contribution in [2.24, 2.45) is 11.8 Å². The van der Waals surface area contributed by atoms with E-state index in [1.54, 1.807) is 17.9 Å². The van der Waals surface area contributed by atoms with Gasteiger partial charge in [-0.15, -0.1) is 0 Å². The summed E-state index contributed by atoms with van der Waals surface area (Å²) in [5.74, 6) is -3.24. The second-order valence-corrected chi connectivity index (χ2v) is 11.4. The summed E-state index contributed by atoms with van der Waals surface area (Å²) in [5.41, 5.74) is -1.49. The van der Waals surface area contributed by atoms with E-state index >= 15 is 8.78 Å². The van der Waals surface area contributed by atoms with E-state index in [9.17, 15) is 19.1 Å². The van der Waals surface area contributed by atoms with Crippen molar-refractivity contribution in [1.82, 2.24) is 15.5 Å². The van der Waals surface area contributed by atoms with Crippen LogP contribution in [0.5, 0.6) is 0 Å². The third-order valence-electron chi connectivity index (χ3n) is 8.70. The number of ether oxygens (including phenoxy) is 1. The quantitative estimate of drug-likeness (QED) is 0.365. The van der Waals surface area contributed by atoms with Crippen LogP contribution < -0.4 is 10.6 Å². The molecule has 1 heterocycles. The lowest BCUT2D eigenvalue weighted by atomic mass is 9.71. The summed E-state index contributed by atoms with van der Waals surface area (Å²) in [4.78, 5) is 26.9. The Morgan fingerprint density at radius 3 is 2.61 bits per heavy atom. The van der Waals surface area contributed by atoms with Gasteiger partial charge in [-0.1, -0.05) is 11.6 Å². The van der Waals surface area contributed by atoms with Gasteiger partial charge in [-0.05, 0) is 82.7 Å². The topological polar surface area (TPSA) is 90.9 Å². The smallest absolute Gasteiger partial charge is 0.406 e. The van der Waals surface area contributed by atoms with Crippen molar-refractivity contribution >= 4 is 12.0 Å². The van der Waals surface area contributed by atoms with Gasteiger partial charge in [0.25, 0.3) is 0 Å². The zero-order valence-corrected chi connectivity index (χ0v) is 23.9. The molecule has 41 heavy (non-hydrogen) atoms. The van der Waals surface area contributed by atoms with Crippen LogP contribution in [0.15, 0.2) is 30.3 Å². The molecule has 0 bridgehead atoms. The number of nitrogens with zero attached hydrogens (tertiary/aromatic N) is 1. The molecule has 0 spiro atoms. The van der Waals surface area contributed by atoms with Crippen molar-refractivity contribution in [3.8, 4) is 11.1 Å². The number of aliphatic hydroxyl groups is 1. The van der Waals surface area contributed by atoms with E-state index in [2.05, 4.69) is 15.4 Å². The maximum absolute atomic E-state index is 15.6. The van der Waals surface area contributed by atoms with Gasteiger partial charge < -0.3 is 25.4 Å². The molecule has 0 aromatic heterocycles. The number of rotatable bonds is 9. The Labute approximate surface area is 239 Å². The highest BCUT2D eigenvalue weighted by atomic mass is 19.1. The average molecular weight is 576 g/mol. The van der Waals surface area contributed by atoms with Crippen molar-refractivity contribution in [1.29, 1.82) is 0 Å². The SMILES string of the molecule is CNC1CCC(C(=O)N2CCCC(C(O)(CCCNC(=O)OC)c3cc(F)cc(F)c3-c3cc(C)ccc3F)C2)C1. The lowest BCUT2D eigenvalue weighted by molar-refractivity contribution is -0.140. The number of aryl methyl sites for hydroxylation is 1. The monoisotopic (exact) mass is 575 g/mol. The first-order valence-corrected chi connectivity index (χ1v) is 14.3. The molecule has 2 aliphatic rings. The van der Waals surface area contributed by atoms with Crippen LogP contribution in [-0.2, 0) is 15.1 Å². The molecule has 0 radical (unpaired) electrons. The predicted molar refractivity (Wildman–Crippen MR) is 150 cm³/mol. The number of methoxy groups -OCH3 is 1. The van der Waals surface area contributed by atoms with Gasteiger partial charge in [-0.3, -0.25) is 4.79 Å². The fourth-order valence-corrected chi connectivity index (χ4v) is 6.49. The predicted octanol–water partition coefficient (Wildman–Crippen LogP) is 5.03. The number of benzene rings is 2. The molecule has 224 valence electrons. The highest BCUT2D eigenvalue weighted by Gasteiger charge is 2.44. The average Bonchev–Trinajstić information content (AvgIpc) is 3.45. The standard InChI is InChI=1S/C31H40F3N3O4/c1-19-7-10-26(33)24(14-19)28-25(16-22(32)17-27(28)34)31(40,11-5-12-36-30(39)41-3)21-6-4-13-37(18-21)29(38)20-8-9-23(15-20)35-2/h7,10,14,16-17,20-21,23,35,40H,4-6,8-9,11-13,15,18H2,1-3H3,(H,36,39). The molecule has 7 nitrogen and oxygen atoms in total. The van der Waals surface area contributed by atoms with E-state index in [-0.39, 0.29) is 60.5 Å². The molecule has 4 atom stereocenters. The van der Waals surface area contributed by atoms with E-state index in [1.165, 1.54) is 19.2 Å². The van der Waals surface area contributed by atoms with Gasteiger partial charge in [0, 0.05) is 54.7 Å². The van der Waals surface area contributed by atoms with E-state index in [0.29, 0.717) is 31.0 Å². The second-order valence-electron chi connectivity index (χ2n) is 11.4. The fourth-order valence-electron chi connectivity index (χ4n) is 6.49. The number of amides is 2. The maximum Gasteiger partial charge on any atom is 0.406 e. The minimum Gasteiger partial charge on any atom is -0.453 e. The largest absolute Gasteiger partial charge is 0.453 e. The number of nitrogens with one attached hydrogen (secondary N) is 2. The molecule has 2 fully saturated rings. The zero-order chi connectivity index (χ0) is 29.7. The second kappa shape index (κ2) is 13.2. The summed E-state index contributed by atoms with van der Waals surface area (Å²) in [6, 6.07) is 6.29. The van der Waals surface area contributed by atoms with Crippen molar-refractivity contribution in [3.63, 3.8) is 0 Å². The van der Waals surface area contributed by atoms with Gasteiger partial charge >= 0.3 is 6.09 Å². The summed E-state index contributed by atoms with van der Waals surface area (Å²) >= 11 is 0. The molecule has 2 aromatic carbocycles. The van der Waals surface area contributed by atoms with Gasteiger partial charge in [0.1, 0.15) is 17.5 Å². The number of piperidine rings is 1. The third kappa shape index (κ3) is 6.86. The van der Waals surface area contributed by atoms with Crippen LogP contribution in [0, 0.1) is 36.2 Å². The first-order valence-electron chi connectivity index (χ1n) is 14.3. The zero-order valence-electron chi connectivity index (χ0n) is 23.9. The van der Waals surface area contributed by atoms with Crippen LogP contribution in [0.2, 0.25) is 0 Å². The molecule has 1 aliphatic carbocycles. The molecule has 3 N–H and O–H groups in total. The summed E-state index contributed by atoms with van der Waals surface area (Å²) < 4.78 is 50.1. The van der Waals surface area contributed by atoms with E-state index < -0.39 is 35.1 Å². The summed E-state index contributed by atoms with van der Waals surface area (Å²) in [5, 5.41) is 18.3. The van der Waals surface area contributed by atoms with Gasteiger partial charge in [-0.2, -0.15) is 0 Å². The van der Waals surface area contributed by atoms with Crippen LogP contribution in [-0.4, -0.2) is 61.8 Å². The summed E-state index contributed by atoms with van der Waals surface area (Å²) in [6.45, 7) is 2.62. The van der Waals surface area contributed by atoms with Crippen molar-refractivity contribution < 1.29 is 32.6 Å². The Hall–Kier alpha value is -3.11. The first-order chi connectivity index (χ1) is 19.6. The number of likely N-dealkylation sites (tertiary alicyclic amines) is 1.